The number of nitrogens with one attached hydrogen (secondary N) is 1. The molecule has 0 saturated carbocycles. The van der Waals surface area contributed by atoms with Gasteiger partial charge >= 0.3 is 0 Å². The van der Waals surface area contributed by atoms with Gasteiger partial charge in [0.25, 0.3) is 5.91 Å². The maximum absolute atomic E-state index is 11.6. The van der Waals surface area contributed by atoms with Crippen molar-refractivity contribution < 1.29 is 14.3 Å². The van der Waals surface area contributed by atoms with Gasteiger partial charge in [0.15, 0.2) is 0 Å². The maximum atomic E-state index is 11.6. The van der Waals surface area contributed by atoms with Crippen LogP contribution in [-0.2, 0) is 4.79 Å². The van der Waals surface area contributed by atoms with Crippen LogP contribution in [0.2, 0.25) is 0 Å². The quantitative estimate of drug-likeness (QED) is 0.461. The summed E-state index contributed by atoms with van der Waals surface area (Å²) in [7, 11) is 0. The highest BCUT2D eigenvalue weighted by molar-refractivity contribution is 6.42. The lowest BCUT2D eigenvalue weighted by Crippen LogP contribution is -2.30. The molecular weight excluding hydrogens is 218 g/mol. The fraction of sp³-hybridized carbons (Fsp3) is 0.231. The Morgan fingerprint density at radius 3 is 2.53 bits per heavy atom. The molecule has 0 unspecified atom stereocenters. The van der Waals surface area contributed by atoms with Gasteiger partial charge in [-0.3, -0.25) is 9.59 Å². The molecule has 0 aliphatic heterocycles. The van der Waals surface area contributed by atoms with E-state index in [0.717, 1.165) is 0 Å². The molecule has 90 valence electrons. The molecule has 4 nitrogen and oxygen atoms in total. The van der Waals surface area contributed by atoms with E-state index in [9.17, 15) is 9.59 Å². The van der Waals surface area contributed by atoms with Crippen LogP contribution in [0.1, 0.15) is 17.3 Å². The molecule has 0 spiro atoms. The van der Waals surface area contributed by atoms with Crippen LogP contribution in [0.4, 0.5) is 0 Å². The van der Waals surface area contributed by atoms with Gasteiger partial charge in [0.05, 0.1) is 6.61 Å². The van der Waals surface area contributed by atoms with Gasteiger partial charge in [-0.1, -0.05) is 6.08 Å². The van der Waals surface area contributed by atoms with Gasteiger partial charge in [-0.25, -0.2) is 0 Å². The molecule has 1 N–H and O–H groups in total. The van der Waals surface area contributed by atoms with Crippen molar-refractivity contribution in [2.75, 3.05) is 13.2 Å². The molecule has 0 heterocycles. The topological polar surface area (TPSA) is 55.4 Å². The van der Waals surface area contributed by atoms with E-state index in [0.29, 0.717) is 17.9 Å². The van der Waals surface area contributed by atoms with Crippen LogP contribution in [0.3, 0.4) is 0 Å². The summed E-state index contributed by atoms with van der Waals surface area (Å²) in [6.07, 6.45) is 1.52. The van der Waals surface area contributed by atoms with Gasteiger partial charge in [0.1, 0.15) is 5.75 Å². The fourth-order valence-corrected chi connectivity index (χ4v) is 1.25. The van der Waals surface area contributed by atoms with Crippen molar-refractivity contribution in [2.24, 2.45) is 0 Å². The third kappa shape index (κ3) is 3.75. The second-order valence-electron chi connectivity index (χ2n) is 3.29. The van der Waals surface area contributed by atoms with E-state index in [1.165, 1.54) is 6.08 Å². The highest BCUT2D eigenvalue weighted by Crippen LogP contribution is 2.12. The molecule has 1 amide bonds. The first-order chi connectivity index (χ1) is 8.19. The summed E-state index contributed by atoms with van der Waals surface area (Å²) in [4.78, 5) is 23.0. The Morgan fingerprint density at radius 1 is 1.35 bits per heavy atom. The van der Waals surface area contributed by atoms with E-state index in [4.69, 9.17) is 4.74 Å². The molecule has 1 aromatic rings. The molecule has 0 saturated heterocycles. The number of rotatable bonds is 6. The van der Waals surface area contributed by atoms with Crippen LogP contribution < -0.4 is 10.1 Å². The number of hydrogen-bond donors (Lipinski definition) is 1. The molecule has 0 radical (unpaired) electrons. The number of ether oxygens (including phenoxy) is 1. The molecule has 0 atom stereocenters. The first-order valence-corrected chi connectivity index (χ1v) is 5.35. The van der Waals surface area contributed by atoms with E-state index in [2.05, 4.69) is 11.9 Å². The number of amides is 1. The number of ketones is 1. The molecule has 1 aromatic carbocycles. The first kappa shape index (κ1) is 13.0. The van der Waals surface area contributed by atoms with Crippen LogP contribution in [0.15, 0.2) is 36.9 Å². The number of benzene rings is 1. The zero-order chi connectivity index (χ0) is 12.7. The average Bonchev–Trinajstić information content (AvgIpc) is 2.36. The molecule has 0 aliphatic carbocycles. The highest BCUT2D eigenvalue weighted by Gasteiger charge is 2.14. The van der Waals surface area contributed by atoms with E-state index >= 15 is 0 Å². The SMILES string of the molecule is C=CCNC(=O)C(=O)c1ccc(OCC)cc1. The lowest BCUT2D eigenvalue weighted by Gasteiger charge is -2.04. The monoisotopic (exact) mass is 233 g/mol. The number of carbonyl (C=O) groups is 2. The van der Waals surface area contributed by atoms with Crippen molar-refractivity contribution in [3.8, 4) is 5.75 Å². The molecule has 4 heteroatoms. The van der Waals surface area contributed by atoms with E-state index in [1.807, 2.05) is 6.92 Å². The Hall–Kier alpha value is -2.10. The summed E-state index contributed by atoms with van der Waals surface area (Å²) in [6.45, 7) is 6.17. The Labute approximate surface area is 100 Å². The second-order valence-corrected chi connectivity index (χ2v) is 3.29. The fourth-order valence-electron chi connectivity index (χ4n) is 1.25. The van der Waals surface area contributed by atoms with Gasteiger partial charge in [0, 0.05) is 12.1 Å². The number of hydrogen-bond acceptors (Lipinski definition) is 3. The Bertz CT molecular complexity index is 409. The molecule has 17 heavy (non-hydrogen) atoms. The summed E-state index contributed by atoms with van der Waals surface area (Å²) in [5.41, 5.74) is 0.343. The molecule has 1 rings (SSSR count). The smallest absolute Gasteiger partial charge is 0.292 e. The van der Waals surface area contributed by atoms with Gasteiger partial charge in [-0.2, -0.15) is 0 Å². The Kier molecular flexibility index (Phi) is 4.94. The average molecular weight is 233 g/mol. The van der Waals surface area contributed by atoms with Crippen LogP contribution in [0.5, 0.6) is 5.75 Å². The van der Waals surface area contributed by atoms with Crippen LogP contribution in [0, 0.1) is 0 Å². The predicted molar refractivity (Wildman–Crippen MR) is 65.1 cm³/mol. The molecule has 0 aliphatic rings. The van der Waals surface area contributed by atoms with Gasteiger partial charge in [-0.15, -0.1) is 6.58 Å². The standard InChI is InChI=1S/C13H15NO3/c1-3-9-14-13(16)12(15)10-5-7-11(8-6-10)17-4-2/h3,5-8H,1,4,9H2,2H3,(H,14,16). The second kappa shape index (κ2) is 6.48. The molecule has 0 fully saturated rings. The number of carbonyl (C=O) groups excluding carboxylic acids is 2. The minimum absolute atomic E-state index is 0.279. The zero-order valence-electron chi connectivity index (χ0n) is 9.73. The van der Waals surface area contributed by atoms with Gasteiger partial charge < -0.3 is 10.1 Å². The minimum Gasteiger partial charge on any atom is -0.494 e. The van der Waals surface area contributed by atoms with Crippen molar-refractivity contribution in [3.63, 3.8) is 0 Å². The summed E-state index contributed by atoms with van der Waals surface area (Å²) >= 11 is 0. The van der Waals surface area contributed by atoms with Gasteiger partial charge in [0.2, 0.25) is 5.78 Å². The highest BCUT2D eigenvalue weighted by atomic mass is 16.5. The lowest BCUT2D eigenvalue weighted by molar-refractivity contribution is -0.116. The summed E-state index contributed by atoms with van der Waals surface area (Å²) in [6, 6.07) is 6.47. The van der Waals surface area contributed by atoms with E-state index in [-0.39, 0.29) is 6.54 Å². The van der Waals surface area contributed by atoms with Crippen molar-refractivity contribution >= 4 is 11.7 Å². The van der Waals surface area contributed by atoms with E-state index in [1.54, 1.807) is 24.3 Å². The summed E-state index contributed by atoms with van der Waals surface area (Å²) in [5.74, 6) is -0.514. The summed E-state index contributed by atoms with van der Waals surface area (Å²) in [5, 5.41) is 2.43. The largest absolute Gasteiger partial charge is 0.494 e. The van der Waals surface area contributed by atoms with E-state index < -0.39 is 11.7 Å². The molecule has 0 aromatic heterocycles. The normalized spacial score (nSPS) is 9.47. The van der Waals surface area contributed by atoms with Crippen molar-refractivity contribution in [1.82, 2.24) is 5.32 Å². The third-order valence-electron chi connectivity index (χ3n) is 2.04. The van der Waals surface area contributed by atoms with Gasteiger partial charge in [-0.05, 0) is 31.2 Å². The Morgan fingerprint density at radius 2 is 2.00 bits per heavy atom. The molecular formula is C13H15NO3. The van der Waals surface area contributed by atoms with Crippen molar-refractivity contribution in [1.29, 1.82) is 0 Å². The lowest BCUT2D eigenvalue weighted by atomic mass is 10.1. The third-order valence-corrected chi connectivity index (χ3v) is 2.04. The Balaban J connectivity index is 2.68. The minimum atomic E-state index is -0.631. The predicted octanol–water partition coefficient (Wildman–Crippen LogP) is 1.57. The van der Waals surface area contributed by atoms with Crippen LogP contribution in [0.25, 0.3) is 0 Å². The number of Topliss-reactive ketones (excluding diaryl/α,β-unsaturated/α-hetero) is 1. The van der Waals surface area contributed by atoms with Crippen LogP contribution in [-0.4, -0.2) is 24.8 Å². The first-order valence-electron chi connectivity index (χ1n) is 5.35. The van der Waals surface area contributed by atoms with Crippen LogP contribution >= 0.6 is 0 Å². The van der Waals surface area contributed by atoms with Crippen molar-refractivity contribution in [3.05, 3.63) is 42.5 Å². The molecule has 0 bridgehead atoms. The maximum Gasteiger partial charge on any atom is 0.292 e. The zero-order valence-corrected chi connectivity index (χ0v) is 9.73. The summed E-state index contributed by atoms with van der Waals surface area (Å²) < 4.78 is 5.24. The van der Waals surface area contributed by atoms with Crippen molar-refractivity contribution in [2.45, 2.75) is 6.92 Å².